The van der Waals surface area contributed by atoms with Gasteiger partial charge in [-0.2, -0.15) is 0 Å². The highest BCUT2D eigenvalue weighted by atomic mass is 19.1. The first kappa shape index (κ1) is 20.2. The predicted molar refractivity (Wildman–Crippen MR) is 110 cm³/mol. The Balaban J connectivity index is 1.60. The van der Waals surface area contributed by atoms with E-state index in [1.165, 1.54) is 12.1 Å². The van der Waals surface area contributed by atoms with Crippen LogP contribution in [0.3, 0.4) is 0 Å². The van der Waals surface area contributed by atoms with E-state index in [4.69, 9.17) is 9.47 Å². The van der Waals surface area contributed by atoms with E-state index in [-0.39, 0.29) is 18.2 Å². The molecule has 0 radical (unpaired) electrons. The Labute approximate surface area is 175 Å². The van der Waals surface area contributed by atoms with Crippen molar-refractivity contribution in [2.75, 3.05) is 25.1 Å². The van der Waals surface area contributed by atoms with Crippen LogP contribution in [0, 0.1) is 5.82 Å². The Kier molecular flexibility index (Phi) is 5.61. The van der Waals surface area contributed by atoms with Gasteiger partial charge in [-0.05, 0) is 61.2 Å². The highest BCUT2D eigenvalue weighted by molar-refractivity contribution is 6.01. The van der Waals surface area contributed by atoms with Gasteiger partial charge in [-0.3, -0.25) is 9.59 Å². The number of nitrogens with zero attached hydrogens (tertiary/aromatic N) is 1. The molecule has 0 fully saturated rings. The van der Waals surface area contributed by atoms with E-state index in [0.29, 0.717) is 49.7 Å². The van der Waals surface area contributed by atoms with Crippen LogP contribution in [0.25, 0.3) is 0 Å². The number of benzene rings is 2. The average molecular weight is 412 g/mol. The summed E-state index contributed by atoms with van der Waals surface area (Å²) in [5.74, 6) is -0.0466. The predicted octanol–water partition coefficient (Wildman–Crippen LogP) is 3.63. The van der Waals surface area contributed by atoms with E-state index in [0.717, 1.165) is 16.9 Å². The molecule has 1 N–H and O–H groups in total. The van der Waals surface area contributed by atoms with Crippen molar-refractivity contribution in [1.29, 1.82) is 0 Å². The van der Waals surface area contributed by atoms with Gasteiger partial charge in [-0.15, -0.1) is 0 Å². The number of hydrogen-bond acceptors (Lipinski definition) is 4. The first-order valence-electron chi connectivity index (χ1n) is 10.3. The number of halogens is 1. The van der Waals surface area contributed by atoms with E-state index in [9.17, 15) is 14.0 Å². The van der Waals surface area contributed by atoms with E-state index in [1.54, 1.807) is 11.0 Å². The van der Waals surface area contributed by atoms with Gasteiger partial charge in [0.2, 0.25) is 11.8 Å². The van der Waals surface area contributed by atoms with Gasteiger partial charge in [0.15, 0.2) is 11.5 Å². The summed E-state index contributed by atoms with van der Waals surface area (Å²) in [7, 11) is 0. The first-order valence-corrected chi connectivity index (χ1v) is 10.3. The van der Waals surface area contributed by atoms with Crippen molar-refractivity contribution in [2.45, 2.75) is 39.2 Å². The van der Waals surface area contributed by atoms with Crippen molar-refractivity contribution in [1.82, 2.24) is 4.90 Å². The number of anilines is 1. The number of rotatable bonds is 5. The zero-order chi connectivity index (χ0) is 21.3. The van der Waals surface area contributed by atoms with Crippen LogP contribution < -0.4 is 14.8 Å². The van der Waals surface area contributed by atoms with Crippen molar-refractivity contribution in [3.05, 3.63) is 52.8 Å². The van der Waals surface area contributed by atoms with Gasteiger partial charge in [-0.1, -0.05) is 6.07 Å². The van der Waals surface area contributed by atoms with Crippen molar-refractivity contribution < 1.29 is 23.5 Å². The minimum absolute atomic E-state index is 0.0638. The molecule has 6 nitrogen and oxygen atoms in total. The second-order valence-corrected chi connectivity index (χ2v) is 7.48. The summed E-state index contributed by atoms with van der Waals surface area (Å²) < 4.78 is 25.0. The van der Waals surface area contributed by atoms with E-state index >= 15 is 0 Å². The largest absolute Gasteiger partial charge is 0.490 e. The molecular weight excluding hydrogens is 387 g/mol. The van der Waals surface area contributed by atoms with Gasteiger partial charge >= 0.3 is 0 Å². The molecule has 0 saturated heterocycles. The number of carbonyl (C=O) groups excluding carboxylic acids is 2. The first-order chi connectivity index (χ1) is 14.5. The Hall–Kier alpha value is -3.09. The maximum Gasteiger partial charge on any atom is 0.231 e. The normalized spacial score (nSPS) is 17.6. The van der Waals surface area contributed by atoms with Gasteiger partial charge in [0.1, 0.15) is 5.82 Å². The van der Waals surface area contributed by atoms with Crippen LogP contribution in [0.2, 0.25) is 0 Å². The molecule has 30 heavy (non-hydrogen) atoms. The maximum atomic E-state index is 13.6. The Morgan fingerprint density at radius 1 is 1.13 bits per heavy atom. The lowest BCUT2D eigenvalue weighted by atomic mass is 9.88. The zero-order valence-electron chi connectivity index (χ0n) is 17.2. The number of amides is 2. The highest BCUT2D eigenvalue weighted by Gasteiger charge is 2.35. The third kappa shape index (κ3) is 3.84. The smallest absolute Gasteiger partial charge is 0.231 e. The molecule has 7 heteroatoms. The summed E-state index contributed by atoms with van der Waals surface area (Å²) in [4.78, 5) is 27.2. The molecular formula is C23H25FN2O4. The lowest BCUT2D eigenvalue weighted by Crippen LogP contribution is -2.41. The third-order valence-electron chi connectivity index (χ3n) is 5.54. The zero-order valence-corrected chi connectivity index (χ0v) is 17.2. The molecule has 1 atom stereocenters. The van der Waals surface area contributed by atoms with Crippen LogP contribution in [0.15, 0.2) is 30.3 Å². The summed E-state index contributed by atoms with van der Waals surface area (Å²) in [6, 6.07) is 8.12. The van der Waals surface area contributed by atoms with E-state index in [1.807, 2.05) is 26.0 Å². The molecule has 0 aromatic heterocycles. The van der Waals surface area contributed by atoms with Crippen LogP contribution in [0.1, 0.15) is 42.9 Å². The Morgan fingerprint density at radius 2 is 1.83 bits per heavy atom. The summed E-state index contributed by atoms with van der Waals surface area (Å²) in [5, 5.41) is 2.66. The SMILES string of the molecule is CCOc1cc2c(cc1OCC)CN(C(=O)C1CC(=O)Nc3cc(F)ccc31)CC2. The van der Waals surface area contributed by atoms with E-state index < -0.39 is 11.7 Å². The second kappa shape index (κ2) is 8.34. The molecule has 0 saturated carbocycles. The molecule has 2 heterocycles. The third-order valence-corrected chi connectivity index (χ3v) is 5.54. The highest BCUT2D eigenvalue weighted by Crippen LogP contribution is 2.37. The monoisotopic (exact) mass is 412 g/mol. The topological polar surface area (TPSA) is 67.9 Å². The summed E-state index contributed by atoms with van der Waals surface area (Å²) in [6.45, 7) is 5.91. The van der Waals surface area contributed by atoms with Gasteiger partial charge in [-0.25, -0.2) is 4.39 Å². The average Bonchev–Trinajstić information content (AvgIpc) is 2.72. The van der Waals surface area contributed by atoms with Gasteiger partial charge in [0.05, 0.1) is 19.1 Å². The molecule has 2 amide bonds. The van der Waals surface area contributed by atoms with Crippen LogP contribution >= 0.6 is 0 Å². The molecule has 2 aromatic carbocycles. The molecule has 2 aliphatic rings. The van der Waals surface area contributed by atoms with Crippen molar-refractivity contribution >= 4 is 17.5 Å². The van der Waals surface area contributed by atoms with Crippen LogP contribution in [0.5, 0.6) is 11.5 Å². The van der Waals surface area contributed by atoms with Crippen molar-refractivity contribution in [3.8, 4) is 11.5 Å². The molecule has 0 spiro atoms. The minimum atomic E-state index is -0.607. The quantitative estimate of drug-likeness (QED) is 0.814. The van der Waals surface area contributed by atoms with Crippen molar-refractivity contribution in [2.24, 2.45) is 0 Å². The molecule has 0 aliphatic carbocycles. The van der Waals surface area contributed by atoms with Crippen LogP contribution in [-0.4, -0.2) is 36.5 Å². The Bertz CT molecular complexity index is 991. The van der Waals surface area contributed by atoms with Crippen LogP contribution in [-0.2, 0) is 22.6 Å². The lowest BCUT2D eigenvalue weighted by molar-refractivity contribution is -0.135. The maximum absolute atomic E-state index is 13.6. The molecule has 4 rings (SSSR count). The molecule has 2 aliphatic heterocycles. The standard InChI is InChI=1S/C23H25FN2O4/c1-3-29-20-9-14-7-8-26(13-15(14)10-21(20)30-4-2)23(28)18-12-22(27)25-19-11-16(24)5-6-17(18)19/h5-6,9-11,18H,3-4,7-8,12-13H2,1-2H3,(H,25,27). The Morgan fingerprint density at radius 3 is 2.53 bits per heavy atom. The number of hydrogen-bond donors (Lipinski definition) is 1. The van der Waals surface area contributed by atoms with Crippen LogP contribution in [0.4, 0.5) is 10.1 Å². The number of nitrogens with one attached hydrogen (secondary N) is 1. The van der Waals surface area contributed by atoms with Gasteiger partial charge in [0.25, 0.3) is 0 Å². The summed E-state index contributed by atoms with van der Waals surface area (Å²) in [5.41, 5.74) is 3.19. The molecule has 1 unspecified atom stereocenters. The van der Waals surface area contributed by atoms with Crippen molar-refractivity contribution in [3.63, 3.8) is 0 Å². The summed E-state index contributed by atoms with van der Waals surface area (Å²) in [6.07, 6.45) is 0.761. The molecule has 158 valence electrons. The fourth-order valence-electron chi connectivity index (χ4n) is 4.17. The fourth-order valence-corrected chi connectivity index (χ4v) is 4.17. The number of carbonyl (C=O) groups is 2. The lowest BCUT2D eigenvalue weighted by Gasteiger charge is -2.34. The van der Waals surface area contributed by atoms with E-state index in [2.05, 4.69) is 5.32 Å². The summed E-state index contributed by atoms with van der Waals surface area (Å²) >= 11 is 0. The molecule has 0 bridgehead atoms. The number of fused-ring (bicyclic) bond motifs is 2. The number of ether oxygens (including phenoxy) is 2. The molecule has 2 aromatic rings. The van der Waals surface area contributed by atoms with Gasteiger partial charge < -0.3 is 19.7 Å². The fraction of sp³-hybridized carbons (Fsp3) is 0.391. The minimum Gasteiger partial charge on any atom is -0.490 e. The van der Waals surface area contributed by atoms with Gasteiger partial charge in [0, 0.05) is 25.2 Å². The second-order valence-electron chi connectivity index (χ2n) is 7.48.